The van der Waals surface area contributed by atoms with Crippen LogP contribution in [0.15, 0.2) is 0 Å². The second-order valence-corrected chi connectivity index (χ2v) is 4.18. The lowest BCUT2D eigenvalue weighted by Gasteiger charge is -2.28. The predicted molar refractivity (Wildman–Crippen MR) is 50.1 cm³/mol. The van der Waals surface area contributed by atoms with Gasteiger partial charge in [0.2, 0.25) is 5.91 Å². The highest BCUT2D eigenvalue weighted by atomic mass is 16.3. The molecule has 1 aliphatic carbocycles. The summed E-state index contributed by atoms with van der Waals surface area (Å²) < 4.78 is 0. The van der Waals surface area contributed by atoms with Gasteiger partial charge in [-0.2, -0.15) is 0 Å². The van der Waals surface area contributed by atoms with Crippen LogP contribution < -0.4 is 11.1 Å². The van der Waals surface area contributed by atoms with Crippen LogP contribution in [0.1, 0.15) is 33.1 Å². The molecule has 0 radical (unpaired) electrons. The number of nitrogens with one attached hydrogen (secondary N) is 1. The third kappa shape index (κ3) is 2.19. The third-order valence-corrected chi connectivity index (χ3v) is 2.79. The molecule has 1 unspecified atom stereocenters. The maximum atomic E-state index is 11.5. The lowest BCUT2D eigenvalue weighted by molar-refractivity contribution is -0.125. The standard InChI is InChI=1S/C9H18N2O2/c1-3-8(2,6-12)11-7(13)9(10)4-5-9/h12H,3-6,10H2,1-2H3,(H,11,13). The maximum Gasteiger partial charge on any atom is 0.240 e. The molecule has 0 aromatic carbocycles. The van der Waals surface area contributed by atoms with E-state index in [1.807, 2.05) is 13.8 Å². The first-order valence-electron chi connectivity index (χ1n) is 4.68. The highest BCUT2D eigenvalue weighted by Crippen LogP contribution is 2.32. The molecule has 76 valence electrons. The maximum absolute atomic E-state index is 11.5. The van der Waals surface area contributed by atoms with Crippen molar-refractivity contribution in [2.24, 2.45) is 5.73 Å². The van der Waals surface area contributed by atoms with Crippen LogP contribution in [0.5, 0.6) is 0 Å². The normalized spacial score (nSPS) is 23.4. The zero-order valence-electron chi connectivity index (χ0n) is 8.26. The van der Waals surface area contributed by atoms with Gasteiger partial charge in [0.1, 0.15) is 0 Å². The average molecular weight is 186 g/mol. The zero-order chi connectivity index (χ0) is 10.1. The minimum atomic E-state index is -0.647. The quantitative estimate of drug-likeness (QED) is 0.567. The number of carbonyl (C=O) groups excluding carboxylic acids is 1. The Labute approximate surface area is 78.5 Å². The zero-order valence-corrected chi connectivity index (χ0v) is 8.26. The molecule has 1 amide bonds. The molecule has 1 saturated carbocycles. The fraction of sp³-hybridized carbons (Fsp3) is 0.889. The Balaban J connectivity index is 2.51. The van der Waals surface area contributed by atoms with Crippen molar-refractivity contribution in [3.05, 3.63) is 0 Å². The third-order valence-electron chi connectivity index (χ3n) is 2.79. The molecular weight excluding hydrogens is 168 g/mol. The summed E-state index contributed by atoms with van der Waals surface area (Å²) in [5.74, 6) is -0.133. The Morgan fingerprint density at radius 2 is 2.23 bits per heavy atom. The number of hydrogen-bond acceptors (Lipinski definition) is 3. The van der Waals surface area contributed by atoms with Crippen molar-refractivity contribution in [3.63, 3.8) is 0 Å². The fourth-order valence-electron chi connectivity index (χ4n) is 1.00. The summed E-state index contributed by atoms with van der Waals surface area (Å²) in [5, 5.41) is 11.8. The van der Waals surface area contributed by atoms with Crippen LogP contribution in [0.25, 0.3) is 0 Å². The Kier molecular flexibility index (Phi) is 2.63. The summed E-state index contributed by atoms with van der Waals surface area (Å²) in [7, 11) is 0. The van der Waals surface area contributed by atoms with Gasteiger partial charge in [0.05, 0.1) is 17.7 Å². The molecule has 0 bridgehead atoms. The SMILES string of the molecule is CCC(C)(CO)NC(=O)C1(N)CC1. The van der Waals surface area contributed by atoms with Crippen molar-refractivity contribution in [1.82, 2.24) is 5.32 Å². The van der Waals surface area contributed by atoms with Crippen molar-refractivity contribution in [3.8, 4) is 0 Å². The molecule has 1 aliphatic rings. The van der Waals surface area contributed by atoms with E-state index in [4.69, 9.17) is 10.8 Å². The van der Waals surface area contributed by atoms with Gasteiger partial charge < -0.3 is 16.2 Å². The van der Waals surface area contributed by atoms with Crippen molar-refractivity contribution in [2.45, 2.75) is 44.2 Å². The molecule has 4 heteroatoms. The predicted octanol–water partition coefficient (Wildman–Crippen LogP) is -0.245. The summed E-state index contributed by atoms with van der Waals surface area (Å²) in [6, 6.07) is 0. The highest BCUT2D eigenvalue weighted by molar-refractivity contribution is 5.89. The molecule has 0 saturated heterocycles. The van der Waals surface area contributed by atoms with Gasteiger partial charge in [0.25, 0.3) is 0 Å². The number of rotatable bonds is 4. The van der Waals surface area contributed by atoms with E-state index in [1.165, 1.54) is 0 Å². The highest BCUT2D eigenvalue weighted by Gasteiger charge is 2.47. The van der Waals surface area contributed by atoms with E-state index in [9.17, 15) is 4.79 Å². The Morgan fingerprint density at radius 1 is 1.69 bits per heavy atom. The summed E-state index contributed by atoms with van der Waals surface area (Å²) in [6.45, 7) is 3.69. The van der Waals surface area contributed by atoms with Crippen LogP contribution in [-0.4, -0.2) is 28.7 Å². The average Bonchev–Trinajstić information content (AvgIpc) is 2.85. The van der Waals surface area contributed by atoms with Gasteiger partial charge in [0.15, 0.2) is 0 Å². The number of aliphatic hydroxyl groups excluding tert-OH is 1. The fourth-order valence-corrected chi connectivity index (χ4v) is 1.00. The molecule has 0 aromatic heterocycles. The van der Waals surface area contributed by atoms with E-state index in [1.54, 1.807) is 0 Å². The van der Waals surface area contributed by atoms with E-state index in [2.05, 4.69) is 5.32 Å². The van der Waals surface area contributed by atoms with E-state index >= 15 is 0 Å². The summed E-state index contributed by atoms with van der Waals surface area (Å²) in [4.78, 5) is 11.5. The van der Waals surface area contributed by atoms with Crippen molar-refractivity contribution in [2.75, 3.05) is 6.61 Å². The lowest BCUT2D eigenvalue weighted by Crippen LogP contribution is -2.54. The van der Waals surface area contributed by atoms with Gasteiger partial charge in [-0.05, 0) is 26.2 Å². The largest absolute Gasteiger partial charge is 0.394 e. The Bertz CT molecular complexity index is 208. The second-order valence-electron chi connectivity index (χ2n) is 4.18. The summed E-state index contributed by atoms with van der Waals surface area (Å²) >= 11 is 0. The van der Waals surface area contributed by atoms with E-state index in [0.29, 0.717) is 6.42 Å². The molecule has 4 nitrogen and oxygen atoms in total. The van der Waals surface area contributed by atoms with E-state index in [-0.39, 0.29) is 12.5 Å². The van der Waals surface area contributed by atoms with Crippen molar-refractivity contribution in [1.29, 1.82) is 0 Å². The van der Waals surface area contributed by atoms with Gasteiger partial charge in [-0.3, -0.25) is 4.79 Å². The molecular formula is C9H18N2O2. The van der Waals surface area contributed by atoms with Gasteiger partial charge >= 0.3 is 0 Å². The topological polar surface area (TPSA) is 75.3 Å². The van der Waals surface area contributed by atoms with E-state index in [0.717, 1.165) is 12.8 Å². The molecule has 0 spiro atoms. The van der Waals surface area contributed by atoms with Gasteiger partial charge in [0, 0.05) is 0 Å². The van der Waals surface area contributed by atoms with Crippen LogP contribution in [0.2, 0.25) is 0 Å². The van der Waals surface area contributed by atoms with Gasteiger partial charge in [-0.15, -0.1) is 0 Å². The van der Waals surface area contributed by atoms with Crippen LogP contribution in [0, 0.1) is 0 Å². The lowest BCUT2D eigenvalue weighted by atomic mass is 9.99. The first kappa shape index (κ1) is 10.5. The van der Waals surface area contributed by atoms with Crippen LogP contribution in [0.3, 0.4) is 0 Å². The van der Waals surface area contributed by atoms with Gasteiger partial charge in [-0.1, -0.05) is 6.92 Å². The minimum Gasteiger partial charge on any atom is -0.394 e. The number of hydrogen-bond donors (Lipinski definition) is 3. The van der Waals surface area contributed by atoms with Crippen molar-refractivity contribution < 1.29 is 9.90 Å². The second kappa shape index (κ2) is 3.27. The monoisotopic (exact) mass is 186 g/mol. The summed E-state index contributed by atoms with van der Waals surface area (Å²) in [5.41, 5.74) is 4.54. The molecule has 4 N–H and O–H groups in total. The summed E-state index contributed by atoms with van der Waals surface area (Å²) in [6.07, 6.45) is 2.21. The van der Waals surface area contributed by atoms with Crippen LogP contribution in [0.4, 0.5) is 0 Å². The molecule has 1 rings (SSSR count). The first-order chi connectivity index (χ1) is 5.96. The van der Waals surface area contributed by atoms with Crippen molar-refractivity contribution >= 4 is 5.91 Å². The smallest absolute Gasteiger partial charge is 0.240 e. The minimum absolute atomic E-state index is 0.0503. The number of carbonyl (C=O) groups is 1. The van der Waals surface area contributed by atoms with Crippen LogP contribution >= 0.6 is 0 Å². The Morgan fingerprint density at radius 3 is 2.54 bits per heavy atom. The molecule has 1 fully saturated rings. The van der Waals surface area contributed by atoms with Gasteiger partial charge in [-0.25, -0.2) is 0 Å². The number of aliphatic hydroxyl groups is 1. The molecule has 0 heterocycles. The molecule has 0 aromatic rings. The molecule has 13 heavy (non-hydrogen) atoms. The Hall–Kier alpha value is -0.610. The first-order valence-corrected chi connectivity index (χ1v) is 4.68. The molecule has 1 atom stereocenters. The number of nitrogens with two attached hydrogens (primary N) is 1. The molecule has 0 aliphatic heterocycles. The van der Waals surface area contributed by atoms with Crippen LogP contribution in [-0.2, 0) is 4.79 Å². The van der Waals surface area contributed by atoms with E-state index < -0.39 is 11.1 Å². The number of amides is 1.